The van der Waals surface area contributed by atoms with Crippen molar-refractivity contribution in [3.63, 3.8) is 0 Å². The Hall–Kier alpha value is -1.80. The molecule has 0 heterocycles. The minimum Gasteiger partial charge on any atom is -0.496 e. The van der Waals surface area contributed by atoms with E-state index in [1.807, 2.05) is 39.3 Å². The van der Waals surface area contributed by atoms with Crippen molar-refractivity contribution in [3.05, 3.63) is 41.5 Å². The van der Waals surface area contributed by atoms with Gasteiger partial charge in [-0.3, -0.25) is 4.79 Å². The second kappa shape index (κ2) is 7.08. The minimum atomic E-state index is -1.95. The van der Waals surface area contributed by atoms with Crippen LogP contribution in [0.15, 0.2) is 24.3 Å². The lowest BCUT2D eigenvalue weighted by molar-refractivity contribution is 0.112. The molecule has 0 radical (unpaired) electrons. The highest BCUT2D eigenvalue weighted by Crippen LogP contribution is 2.33. The van der Waals surface area contributed by atoms with Crippen molar-refractivity contribution >= 4 is 32.8 Å². The molecule has 0 atom stereocenters. The topological polar surface area (TPSA) is 26.3 Å². The lowest BCUT2D eigenvalue weighted by Crippen LogP contribution is -2.40. The highest BCUT2D eigenvalue weighted by atomic mass is 28.3. The molecular weight excluding hydrogens is 366 g/mol. The van der Waals surface area contributed by atoms with Crippen molar-refractivity contribution in [1.29, 1.82) is 0 Å². The van der Waals surface area contributed by atoms with Gasteiger partial charge < -0.3 is 4.74 Å². The van der Waals surface area contributed by atoms with Crippen molar-refractivity contribution in [3.8, 4) is 16.9 Å². The Morgan fingerprint density at radius 3 is 1.69 bits per heavy atom. The summed E-state index contributed by atoms with van der Waals surface area (Å²) in [5.74, 6) is -0.250. The van der Waals surface area contributed by atoms with Crippen LogP contribution in [0.4, 0.5) is 8.78 Å². The molecule has 0 unspecified atom stereocenters. The average molecular weight is 393 g/mol. The van der Waals surface area contributed by atoms with Gasteiger partial charge in [0.15, 0.2) is 6.29 Å². The van der Waals surface area contributed by atoms with Gasteiger partial charge in [0.05, 0.1) is 23.3 Å². The van der Waals surface area contributed by atoms with Crippen molar-refractivity contribution in [2.75, 3.05) is 7.11 Å². The summed E-state index contributed by atoms with van der Waals surface area (Å²) in [6.45, 7) is 12.2. The Bertz CT molecular complexity index is 850. The summed E-state index contributed by atoms with van der Waals surface area (Å²) >= 11 is 0. The Labute approximate surface area is 156 Å². The quantitative estimate of drug-likeness (QED) is 0.551. The molecule has 2 aromatic carbocycles. The normalized spacial score (nSPS) is 12.2. The van der Waals surface area contributed by atoms with Crippen molar-refractivity contribution in [2.45, 2.75) is 39.3 Å². The van der Waals surface area contributed by atoms with Crippen LogP contribution in [0.2, 0.25) is 39.3 Å². The summed E-state index contributed by atoms with van der Waals surface area (Å²) in [6, 6.07) is 5.99. The van der Waals surface area contributed by atoms with Crippen LogP contribution in [0.3, 0.4) is 0 Å². The van der Waals surface area contributed by atoms with Gasteiger partial charge in [-0.2, -0.15) is 0 Å². The summed E-state index contributed by atoms with van der Waals surface area (Å²) < 4.78 is 35.0. The number of halogens is 2. The zero-order valence-corrected chi connectivity index (χ0v) is 18.5. The Morgan fingerprint density at radius 2 is 1.27 bits per heavy atom. The second-order valence-electron chi connectivity index (χ2n) is 8.57. The number of benzene rings is 2. The molecule has 0 spiro atoms. The minimum absolute atomic E-state index is 0.341. The van der Waals surface area contributed by atoms with Crippen molar-refractivity contribution in [2.24, 2.45) is 0 Å². The predicted octanol–water partition coefficient (Wildman–Crippen LogP) is 4.54. The van der Waals surface area contributed by atoms with Gasteiger partial charge in [-0.1, -0.05) is 39.3 Å². The lowest BCUT2D eigenvalue weighted by atomic mass is 9.99. The van der Waals surface area contributed by atoms with Crippen LogP contribution in [0.25, 0.3) is 11.1 Å². The molecule has 6 heteroatoms. The van der Waals surface area contributed by atoms with E-state index in [1.54, 1.807) is 12.1 Å². The highest BCUT2D eigenvalue weighted by molar-refractivity contribution is 6.89. The third-order valence-electron chi connectivity index (χ3n) is 4.46. The van der Waals surface area contributed by atoms with Crippen LogP contribution in [0, 0.1) is 11.6 Å². The number of carbonyl (C=O) groups is 1. The monoisotopic (exact) mass is 392 g/mol. The third-order valence-corrected chi connectivity index (χ3v) is 8.46. The van der Waals surface area contributed by atoms with Gasteiger partial charge in [0.2, 0.25) is 0 Å². The molecular formula is C20H26F2O2Si2. The molecule has 140 valence electrons. The van der Waals surface area contributed by atoms with E-state index in [2.05, 4.69) is 0 Å². The summed E-state index contributed by atoms with van der Waals surface area (Å²) in [4.78, 5) is 11.7. The molecule has 2 rings (SSSR count). The van der Waals surface area contributed by atoms with E-state index in [-0.39, 0.29) is 11.6 Å². The fourth-order valence-electron chi connectivity index (χ4n) is 3.00. The maximum absolute atomic E-state index is 14.8. The van der Waals surface area contributed by atoms with E-state index in [9.17, 15) is 13.6 Å². The summed E-state index contributed by atoms with van der Waals surface area (Å²) in [6.07, 6.45) is 0.697. The molecule has 0 saturated heterocycles. The number of hydrogen-bond acceptors (Lipinski definition) is 2. The Balaban J connectivity index is 2.78. The molecule has 2 nitrogen and oxygen atoms in total. The largest absolute Gasteiger partial charge is 0.496 e. The van der Waals surface area contributed by atoms with Crippen molar-refractivity contribution in [1.82, 2.24) is 0 Å². The van der Waals surface area contributed by atoms with Gasteiger partial charge >= 0.3 is 0 Å². The maximum Gasteiger partial charge on any atom is 0.150 e. The molecule has 0 bridgehead atoms. The summed E-state index contributed by atoms with van der Waals surface area (Å²) in [7, 11) is -2.36. The lowest BCUT2D eigenvalue weighted by Gasteiger charge is -2.22. The smallest absolute Gasteiger partial charge is 0.150 e. The van der Waals surface area contributed by atoms with Crippen LogP contribution in [0.5, 0.6) is 5.75 Å². The van der Waals surface area contributed by atoms with Crippen LogP contribution in [-0.4, -0.2) is 29.5 Å². The van der Waals surface area contributed by atoms with E-state index in [0.29, 0.717) is 39.1 Å². The van der Waals surface area contributed by atoms with Gasteiger partial charge in [-0.25, -0.2) is 8.78 Å². The molecule has 0 aromatic heterocycles. The van der Waals surface area contributed by atoms with E-state index in [4.69, 9.17) is 4.74 Å². The fourth-order valence-corrected chi connectivity index (χ4v) is 5.73. The average Bonchev–Trinajstić information content (AvgIpc) is 2.52. The number of rotatable bonds is 5. The molecule has 2 aromatic rings. The number of methoxy groups -OCH3 is 1. The van der Waals surface area contributed by atoms with Gasteiger partial charge in [0.1, 0.15) is 17.4 Å². The second-order valence-corrected chi connectivity index (χ2v) is 18.6. The first-order valence-electron chi connectivity index (χ1n) is 8.57. The SMILES string of the molecule is COc1cc([Si](C)(C)C)c(F)cc1-c1cc(F)c([Si](C)(C)C)cc1C=O. The van der Waals surface area contributed by atoms with E-state index >= 15 is 0 Å². The Morgan fingerprint density at radius 1 is 0.808 bits per heavy atom. The van der Waals surface area contributed by atoms with E-state index < -0.39 is 16.1 Å². The number of carbonyl (C=O) groups excluding carboxylic acids is 1. The van der Waals surface area contributed by atoms with Crippen LogP contribution < -0.4 is 15.1 Å². The highest BCUT2D eigenvalue weighted by Gasteiger charge is 2.26. The Kier molecular flexibility index (Phi) is 5.58. The van der Waals surface area contributed by atoms with Crippen LogP contribution >= 0.6 is 0 Å². The zero-order chi connectivity index (χ0) is 19.9. The number of hydrogen-bond donors (Lipinski definition) is 0. The summed E-state index contributed by atoms with van der Waals surface area (Å²) in [5, 5.41) is 1.23. The molecule has 0 fully saturated rings. The fraction of sp³-hybridized carbons (Fsp3) is 0.350. The first-order chi connectivity index (χ1) is 11.9. The zero-order valence-electron chi connectivity index (χ0n) is 16.5. The van der Waals surface area contributed by atoms with Crippen LogP contribution in [-0.2, 0) is 0 Å². The molecule has 0 aliphatic rings. The molecule has 0 saturated carbocycles. The molecule has 26 heavy (non-hydrogen) atoms. The third kappa shape index (κ3) is 3.96. The first-order valence-corrected chi connectivity index (χ1v) is 15.6. The maximum atomic E-state index is 14.8. The van der Waals surface area contributed by atoms with Gasteiger partial charge in [0, 0.05) is 11.1 Å². The van der Waals surface area contributed by atoms with E-state index in [1.165, 1.54) is 19.2 Å². The number of aldehydes is 1. The molecule has 0 N–H and O–H groups in total. The number of ether oxygens (including phenoxy) is 1. The predicted molar refractivity (Wildman–Crippen MR) is 110 cm³/mol. The molecule has 0 aliphatic carbocycles. The molecule has 0 amide bonds. The van der Waals surface area contributed by atoms with Gasteiger partial charge in [0.25, 0.3) is 0 Å². The first kappa shape index (κ1) is 20.5. The van der Waals surface area contributed by atoms with Gasteiger partial charge in [-0.15, -0.1) is 0 Å². The van der Waals surface area contributed by atoms with Crippen LogP contribution in [0.1, 0.15) is 10.4 Å². The van der Waals surface area contributed by atoms with Crippen molar-refractivity contribution < 1.29 is 18.3 Å². The summed E-state index contributed by atoms with van der Waals surface area (Å²) in [5.41, 5.74) is 1.11. The standard InChI is InChI=1S/C20H26F2O2Si2/c1-24-18-11-20(26(5,6)7)17(22)10-15(18)14-9-16(21)19(25(2,3)4)8-13(14)12-23/h8-12H,1-7H3. The van der Waals surface area contributed by atoms with Gasteiger partial charge in [-0.05, 0) is 40.2 Å². The van der Waals surface area contributed by atoms with E-state index in [0.717, 1.165) is 0 Å². The molecule has 0 aliphatic heterocycles.